The number of ether oxygens (including phenoxy) is 1. The molecular formula is C33H39N3O2. The van der Waals surface area contributed by atoms with E-state index in [4.69, 9.17) is 10.5 Å². The summed E-state index contributed by atoms with van der Waals surface area (Å²) in [5, 5.41) is 0. The minimum atomic E-state index is -0.332. The lowest BCUT2D eigenvalue weighted by Crippen LogP contribution is -2.31. The number of aromatic nitrogens is 1. The van der Waals surface area contributed by atoms with E-state index in [0.29, 0.717) is 6.61 Å². The van der Waals surface area contributed by atoms with Gasteiger partial charge in [-0.2, -0.15) is 0 Å². The van der Waals surface area contributed by atoms with Crippen LogP contribution in [0.3, 0.4) is 0 Å². The number of nitrogens with zero attached hydrogens (tertiary/aromatic N) is 2. The van der Waals surface area contributed by atoms with Crippen molar-refractivity contribution in [1.29, 1.82) is 0 Å². The molecule has 4 aromatic rings. The lowest BCUT2D eigenvalue weighted by atomic mass is 9.90. The molecule has 4 rings (SSSR count). The highest BCUT2D eigenvalue weighted by Gasteiger charge is 2.19. The van der Waals surface area contributed by atoms with Crippen molar-refractivity contribution < 1.29 is 9.53 Å². The first-order chi connectivity index (χ1) is 18.7. The first-order valence-electron chi connectivity index (χ1n) is 13.4. The van der Waals surface area contributed by atoms with Crippen LogP contribution >= 0.6 is 0 Å². The van der Waals surface area contributed by atoms with Crippen molar-refractivity contribution >= 4 is 5.91 Å². The van der Waals surface area contributed by atoms with E-state index in [9.17, 15) is 4.79 Å². The number of pyridine rings is 1. The Balaban J connectivity index is 0.00000195. The maximum Gasteiger partial charge on any atom is 0.221 e. The van der Waals surface area contributed by atoms with Gasteiger partial charge in [0.15, 0.2) is 0 Å². The molecule has 0 radical (unpaired) electrons. The molecule has 0 fully saturated rings. The molecule has 5 heteroatoms. The number of amides is 1. The first kappa shape index (κ1) is 28.6. The minimum absolute atomic E-state index is 0.243. The molecule has 0 atom stereocenters. The highest BCUT2D eigenvalue weighted by atomic mass is 16.5. The molecular weight excluding hydrogens is 470 g/mol. The van der Waals surface area contributed by atoms with Crippen LogP contribution in [0.25, 0.3) is 0 Å². The van der Waals surface area contributed by atoms with Crippen molar-refractivity contribution in [2.24, 2.45) is 5.73 Å². The monoisotopic (exact) mass is 509 g/mol. The fourth-order valence-electron chi connectivity index (χ4n) is 4.37. The molecule has 0 bridgehead atoms. The third-order valence-corrected chi connectivity index (χ3v) is 6.15. The van der Waals surface area contributed by atoms with Crippen LogP contribution in [0.5, 0.6) is 5.75 Å². The SMILES string of the molecule is CC.NC(=O)Cc1ccc(OCCCN(Cc2ccccn2)CC(c2ccccc2)c2ccccc2)cc1. The summed E-state index contributed by atoms with van der Waals surface area (Å²) in [6, 6.07) is 35.0. The minimum Gasteiger partial charge on any atom is -0.494 e. The Morgan fingerprint density at radius 3 is 2.00 bits per heavy atom. The number of carbonyl (C=O) groups is 1. The van der Waals surface area contributed by atoms with Crippen molar-refractivity contribution in [2.75, 3.05) is 19.7 Å². The summed E-state index contributed by atoms with van der Waals surface area (Å²) in [6.07, 6.45) is 2.98. The van der Waals surface area contributed by atoms with E-state index < -0.39 is 0 Å². The average molecular weight is 510 g/mol. The Morgan fingerprint density at radius 2 is 1.45 bits per heavy atom. The summed E-state index contributed by atoms with van der Waals surface area (Å²) in [5.74, 6) is 0.724. The zero-order valence-corrected chi connectivity index (χ0v) is 22.5. The largest absolute Gasteiger partial charge is 0.494 e. The lowest BCUT2D eigenvalue weighted by Gasteiger charge is -2.28. The second-order valence-electron chi connectivity index (χ2n) is 8.92. The van der Waals surface area contributed by atoms with Crippen molar-refractivity contribution in [3.63, 3.8) is 0 Å². The molecule has 5 nitrogen and oxygen atoms in total. The number of hydrogen-bond donors (Lipinski definition) is 1. The highest BCUT2D eigenvalue weighted by molar-refractivity contribution is 5.76. The van der Waals surface area contributed by atoms with Gasteiger partial charge in [-0.3, -0.25) is 14.7 Å². The Bertz CT molecular complexity index is 1140. The fraction of sp³-hybridized carbons (Fsp3) is 0.273. The normalized spacial score (nSPS) is 10.6. The molecule has 0 saturated carbocycles. The molecule has 198 valence electrons. The van der Waals surface area contributed by atoms with Gasteiger partial charge in [0.1, 0.15) is 5.75 Å². The molecule has 0 spiro atoms. The Kier molecular flexibility index (Phi) is 12.0. The predicted octanol–water partition coefficient (Wildman–Crippen LogP) is 6.24. The number of rotatable bonds is 13. The van der Waals surface area contributed by atoms with Gasteiger partial charge in [-0.15, -0.1) is 0 Å². The molecule has 2 N–H and O–H groups in total. The molecule has 0 aliphatic carbocycles. The van der Waals surface area contributed by atoms with Crippen LogP contribution < -0.4 is 10.5 Å². The first-order valence-corrected chi connectivity index (χ1v) is 13.4. The van der Waals surface area contributed by atoms with Gasteiger partial charge in [0, 0.05) is 31.7 Å². The Morgan fingerprint density at radius 1 is 0.842 bits per heavy atom. The van der Waals surface area contributed by atoms with Gasteiger partial charge in [-0.25, -0.2) is 0 Å². The van der Waals surface area contributed by atoms with Gasteiger partial charge in [-0.1, -0.05) is 92.7 Å². The molecule has 38 heavy (non-hydrogen) atoms. The Hall–Kier alpha value is -3.96. The van der Waals surface area contributed by atoms with Crippen molar-refractivity contribution in [2.45, 2.75) is 39.2 Å². The van der Waals surface area contributed by atoms with E-state index in [1.54, 1.807) is 0 Å². The number of hydrogen-bond acceptors (Lipinski definition) is 4. The second kappa shape index (κ2) is 16.0. The van der Waals surface area contributed by atoms with Crippen molar-refractivity contribution in [3.8, 4) is 5.75 Å². The summed E-state index contributed by atoms with van der Waals surface area (Å²) in [4.78, 5) is 18.1. The van der Waals surface area contributed by atoms with Gasteiger partial charge in [0.05, 0.1) is 18.7 Å². The van der Waals surface area contributed by atoms with E-state index in [1.807, 2.05) is 56.4 Å². The number of nitrogens with two attached hydrogens (primary N) is 1. The van der Waals surface area contributed by atoms with Gasteiger partial charge in [-0.05, 0) is 47.4 Å². The highest BCUT2D eigenvalue weighted by Crippen LogP contribution is 2.26. The smallest absolute Gasteiger partial charge is 0.221 e. The van der Waals surface area contributed by atoms with Gasteiger partial charge in [0.25, 0.3) is 0 Å². The quantitative estimate of drug-likeness (QED) is 0.217. The maximum absolute atomic E-state index is 11.1. The molecule has 1 aromatic heterocycles. The standard InChI is InChI=1S/C31H33N3O2.C2H6/c32-31(35)22-25-15-17-29(18-16-25)36-21-9-20-34(23-28-14-7-8-19-33-28)24-30(26-10-3-1-4-11-26)27-12-5-2-6-13-27;1-2/h1-8,10-19,30H,9,20-24H2,(H2,32,35);1-2H3. The van der Waals surface area contributed by atoms with E-state index in [-0.39, 0.29) is 18.2 Å². The maximum atomic E-state index is 11.1. The van der Waals surface area contributed by atoms with Gasteiger partial charge >= 0.3 is 0 Å². The van der Waals surface area contributed by atoms with Crippen LogP contribution in [0.15, 0.2) is 109 Å². The zero-order chi connectivity index (χ0) is 27.0. The second-order valence-corrected chi connectivity index (χ2v) is 8.92. The summed E-state index contributed by atoms with van der Waals surface area (Å²) in [5.41, 5.74) is 9.84. The summed E-state index contributed by atoms with van der Waals surface area (Å²) >= 11 is 0. The van der Waals surface area contributed by atoms with Crippen molar-refractivity contribution in [3.05, 3.63) is 132 Å². The molecule has 3 aromatic carbocycles. The van der Waals surface area contributed by atoms with E-state index in [2.05, 4.69) is 76.6 Å². The van der Waals surface area contributed by atoms with Crippen LogP contribution in [0, 0.1) is 0 Å². The van der Waals surface area contributed by atoms with Crippen molar-refractivity contribution in [1.82, 2.24) is 9.88 Å². The molecule has 0 unspecified atom stereocenters. The van der Waals surface area contributed by atoms with E-state index >= 15 is 0 Å². The van der Waals surface area contributed by atoms with Crippen LogP contribution in [0.2, 0.25) is 0 Å². The summed E-state index contributed by atoms with van der Waals surface area (Å²) in [6.45, 7) is 7.15. The molecule has 1 heterocycles. The number of carbonyl (C=O) groups excluding carboxylic acids is 1. The number of benzene rings is 3. The third kappa shape index (κ3) is 9.49. The summed E-state index contributed by atoms with van der Waals surface area (Å²) in [7, 11) is 0. The molecule has 0 aliphatic rings. The Labute approximate surface area is 227 Å². The zero-order valence-electron chi connectivity index (χ0n) is 22.5. The lowest BCUT2D eigenvalue weighted by molar-refractivity contribution is -0.117. The topological polar surface area (TPSA) is 68.5 Å². The van der Waals surface area contributed by atoms with Crippen LogP contribution in [-0.2, 0) is 17.8 Å². The average Bonchev–Trinajstić information content (AvgIpc) is 2.97. The van der Waals surface area contributed by atoms with Gasteiger partial charge < -0.3 is 10.5 Å². The molecule has 1 amide bonds. The third-order valence-electron chi connectivity index (χ3n) is 6.15. The molecule has 0 aliphatic heterocycles. The van der Waals surface area contributed by atoms with Crippen LogP contribution in [-0.4, -0.2) is 35.5 Å². The fourth-order valence-corrected chi connectivity index (χ4v) is 4.37. The van der Waals surface area contributed by atoms with Gasteiger partial charge in [0.2, 0.25) is 5.91 Å². The molecule has 0 saturated heterocycles. The van der Waals surface area contributed by atoms with Crippen LogP contribution in [0.4, 0.5) is 0 Å². The predicted molar refractivity (Wildman–Crippen MR) is 155 cm³/mol. The van der Waals surface area contributed by atoms with E-state index in [0.717, 1.165) is 43.1 Å². The number of primary amides is 1. The van der Waals surface area contributed by atoms with Crippen LogP contribution in [0.1, 0.15) is 48.6 Å². The van der Waals surface area contributed by atoms with E-state index in [1.165, 1.54) is 11.1 Å². The summed E-state index contributed by atoms with van der Waals surface area (Å²) < 4.78 is 5.98.